The van der Waals surface area contributed by atoms with Gasteiger partial charge in [0.25, 0.3) is 6.04 Å². The van der Waals surface area contributed by atoms with E-state index in [9.17, 15) is 15.2 Å². The van der Waals surface area contributed by atoms with Crippen LogP contribution < -0.4 is 0 Å². The van der Waals surface area contributed by atoms with Crippen molar-refractivity contribution < 1.29 is 10.0 Å². The van der Waals surface area contributed by atoms with Crippen LogP contribution in [0.4, 0.5) is 0 Å². The summed E-state index contributed by atoms with van der Waals surface area (Å²) < 4.78 is 0. The molecular formula is C23H19ClN2O3. The van der Waals surface area contributed by atoms with Crippen molar-refractivity contribution in [3.05, 3.63) is 117 Å². The standard InChI is InChI=1S/C23H19ClN2O3/c24-17-12-10-16(11-13-17)23(27)22(26(28)29)21(15-6-2-1-3-7-15)19-14-25-20-9-5-4-8-18(19)20/h1-14,21-23,25,27H/t21-,22-,23-/m1/s1. The minimum absolute atomic E-state index is 0.390. The van der Waals surface area contributed by atoms with Crippen molar-refractivity contribution >= 4 is 22.5 Å². The molecule has 0 bridgehead atoms. The molecule has 2 N–H and O–H groups in total. The van der Waals surface area contributed by atoms with Gasteiger partial charge in [0.2, 0.25) is 0 Å². The molecule has 0 fully saturated rings. The average molecular weight is 407 g/mol. The first-order valence-corrected chi connectivity index (χ1v) is 9.62. The van der Waals surface area contributed by atoms with Gasteiger partial charge in [0.1, 0.15) is 6.10 Å². The number of nitrogens with zero attached hydrogens (tertiary/aromatic N) is 1. The lowest BCUT2D eigenvalue weighted by atomic mass is 9.81. The number of hydrogen-bond acceptors (Lipinski definition) is 3. The minimum atomic E-state index is -1.30. The van der Waals surface area contributed by atoms with Crippen LogP contribution in [0, 0.1) is 10.1 Å². The van der Waals surface area contributed by atoms with Gasteiger partial charge in [0.15, 0.2) is 0 Å². The first kappa shape index (κ1) is 19.2. The quantitative estimate of drug-likeness (QED) is 0.335. The number of halogens is 1. The van der Waals surface area contributed by atoms with Crippen LogP contribution in [0.25, 0.3) is 10.9 Å². The van der Waals surface area contributed by atoms with Gasteiger partial charge in [-0.1, -0.05) is 72.3 Å². The van der Waals surface area contributed by atoms with E-state index in [1.807, 2.05) is 54.6 Å². The largest absolute Gasteiger partial charge is 0.381 e. The van der Waals surface area contributed by atoms with Crippen molar-refractivity contribution in [2.75, 3.05) is 0 Å². The molecular weight excluding hydrogens is 388 g/mol. The van der Waals surface area contributed by atoms with Gasteiger partial charge >= 0.3 is 0 Å². The molecule has 0 aliphatic carbocycles. The van der Waals surface area contributed by atoms with E-state index in [0.29, 0.717) is 10.6 Å². The summed E-state index contributed by atoms with van der Waals surface area (Å²) in [5, 5.41) is 24.7. The van der Waals surface area contributed by atoms with Gasteiger partial charge in [0.05, 0.1) is 5.92 Å². The monoisotopic (exact) mass is 406 g/mol. The molecule has 0 saturated heterocycles. The third kappa shape index (κ3) is 3.75. The molecule has 1 heterocycles. The van der Waals surface area contributed by atoms with Crippen LogP contribution in [0.3, 0.4) is 0 Å². The number of aliphatic hydroxyl groups excluding tert-OH is 1. The topological polar surface area (TPSA) is 79.2 Å². The summed E-state index contributed by atoms with van der Waals surface area (Å²) in [5.74, 6) is -0.645. The Morgan fingerprint density at radius 2 is 1.55 bits per heavy atom. The summed E-state index contributed by atoms with van der Waals surface area (Å²) in [5.41, 5.74) is 2.90. The van der Waals surface area contributed by atoms with Gasteiger partial charge < -0.3 is 10.1 Å². The molecule has 0 amide bonds. The van der Waals surface area contributed by atoms with Crippen molar-refractivity contribution in [3.8, 4) is 0 Å². The summed E-state index contributed by atoms with van der Waals surface area (Å²) in [6.07, 6.45) is 0.495. The smallest absolute Gasteiger partial charge is 0.253 e. The van der Waals surface area contributed by atoms with E-state index in [-0.39, 0.29) is 0 Å². The summed E-state index contributed by atoms with van der Waals surface area (Å²) in [7, 11) is 0. The fourth-order valence-electron chi connectivity index (χ4n) is 3.85. The SMILES string of the molecule is O=[N+]([O-])[C@H]([C@H](c1ccccc1)c1c[nH]c2ccccc12)[C@H](O)c1ccc(Cl)cc1. The Labute approximate surface area is 172 Å². The predicted octanol–water partition coefficient (Wildman–Crippen LogP) is 5.33. The van der Waals surface area contributed by atoms with Crippen LogP contribution in [0.5, 0.6) is 0 Å². The van der Waals surface area contributed by atoms with Crippen LogP contribution in [0.1, 0.15) is 28.7 Å². The van der Waals surface area contributed by atoms with Crippen LogP contribution in [0.2, 0.25) is 5.02 Å². The van der Waals surface area contributed by atoms with E-state index >= 15 is 0 Å². The summed E-state index contributed by atoms with van der Waals surface area (Å²) in [4.78, 5) is 15.0. The van der Waals surface area contributed by atoms with Gasteiger partial charge in [-0.2, -0.15) is 0 Å². The highest BCUT2D eigenvalue weighted by Crippen LogP contribution is 2.39. The highest BCUT2D eigenvalue weighted by atomic mass is 35.5. The molecule has 4 aromatic rings. The van der Waals surface area contributed by atoms with Crippen molar-refractivity contribution in [1.29, 1.82) is 0 Å². The number of H-pyrrole nitrogens is 1. The van der Waals surface area contributed by atoms with Crippen LogP contribution in [0.15, 0.2) is 85.1 Å². The molecule has 6 heteroatoms. The Morgan fingerprint density at radius 1 is 0.897 bits per heavy atom. The Morgan fingerprint density at radius 3 is 2.24 bits per heavy atom. The van der Waals surface area contributed by atoms with E-state index < -0.39 is 23.0 Å². The molecule has 3 atom stereocenters. The van der Waals surface area contributed by atoms with E-state index in [4.69, 9.17) is 11.6 Å². The maximum absolute atomic E-state index is 12.2. The first-order valence-electron chi connectivity index (χ1n) is 9.24. The normalized spacial score (nSPS) is 14.4. The van der Waals surface area contributed by atoms with Crippen LogP contribution in [-0.4, -0.2) is 21.1 Å². The molecule has 0 saturated carbocycles. The van der Waals surface area contributed by atoms with E-state index in [0.717, 1.165) is 22.0 Å². The highest BCUT2D eigenvalue weighted by Gasteiger charge is 2.42. The molecule has 4 rings (SSSR count). The number of nitro groups is 1. The van der Waals surface area contributed by atoms with E-state index in [1.54, 1.807) is 30.5 Å². The van der Waals surface area contributed by atoms with Crippen molar-refractivity contribution in [2.45, 2.75) is 18.1 Å². The molecule has 29 heavy (non-hydrogen) atoms. The Bertz CT molecular complexity index is 1130. The van der Waals surface area contributed by atoms with Crippen molar-refractivity contribution in [1.82, 2.24) is 4.98 Å². The average Bonchev–Trinajstić information content (AvgIpc) is 3.16. The molecule has 0 aliphatic heterocycles. The molecule has 0 aliphatic rings. The number of rotatable bonds is 6. The molecule has 146 valence electrons. The zero-order valence-corrected chi connectivity index (χ0v) is 16.2. The summed E-state index contributed by atoms with van der Waals surface area (Å²) >= 11 is 5.94. The number of para-hydroxylation sites is 1. The number of hydrogen-bond donors (Lipinski definition) is 2. The number of aliphatic hydroxyl groups is 1. The lowest BCUT2D eigenvalue weighted by molar-refractivity contribution is -0.538. The van der Waals surface area contributed by atoms with Gasteiger partial charge in [-0.05, 0) is 34.9 Å². The van der Waals surface area contributed by atoms with E-state index in [1.165, 1.54) is 0 Å². The fraction of sp³-hybridized carbons (Fsp3) is 0.130. The molecule has 5 nitrogen and oxygen atoms in total. The van der Waals surface area contributed by atoms with Crippen LogP contribution >= 0.6 is 11.6 Å². The number of fused-ring (bicyclic) bond motifs is 1. The Balaban J connectivity index is 1.88. The van der Waals surface area contributed by atoms with Crippen molar-refractivity contribution in [2.24, 2.45) is 0 Å². The van der Waals surface area contributed by atoms with Gasteiger partial charge in [-0.15, -0.1) is 0 Å². The Kier molecular flexibility index (Phi) is 5.34. The van der Waals surface area contributed by atoms with Gasteiger partial charge in [0, 0.05) is 27.0 Å². The van der Waals surface area contributed by atoms with Gasteiger partial charge in [-0.3, -0.25) is 10.1 Å². The minimum Gasteiger partial charge on any atom is -0.381 e. The maximum Gasteiger partial charge on any atom is 0.253 e. The molecule has 0 spiro atoms. The second-order valence-electron chi connectivity index (χ2n) is 6.95. The molecule has 0 unspecified atom stereocenters. The second kappa shape index (κ2) is 8.07. The number of aromatic nitrogens is 1. The zero-order chi connectivity index (χ0) is 20.4. The first-order chi connectivity index (χ1) is 14.1. The fourth-order valence-corrected chi connectivity index (χ4v) is 3.97. The molecule has 0 radical (unpaired) electrons. The van der Waals surface area contributed by atoms with Crippen molar-refractivity contribution in [3.63, 3.8) is 0 Å². The lowest BCUT2D eigenvalue weighted by Crippen LogP contribution is -2.34. The third-order valence-electron chi connectivity index (χ3n) is 5.23. The third-order valence-corrected chi connectivity index (χ3v) is 5.49. The summed E-state index contributed by atoms with van der Waals surface area (Å²) in [6, 6.07) is 22.2. The number of aromatic amines is 1. The number of benzene rings is 3. The molecule has 1 aromatic heterocycles. The zero-order valence-electron chi connectivity index (χ0n) is 15.4. The van der Waals surface area contributed by atoms with E-state index in [2.05, 4.69) is 4.98 Å². The maximum atomic E-state index is 12.2. The van der Waals surface area contributed by atoms with Crippen LogP contribution in [-0.2, 0) is 0 Å². The molecule has 3 aromatic carbocycles. The second-order valence-corrected chi connectivity index (χ2v) is 7.39. The summed E-state index contributed by atoms with van der Waals surface area (Å²) in [6.45, 7) is 0. The van der Waals surface area contributed by atoms with Gasteiger partial charge in [-0.25, -0.2) is 0 Å². The highest BCUT2D eigenvalue weighted by molar-refractivity contribution is 6.30. The lowest BCUT2D eigenvalue weighted by Gasteiger charge is -2.25. The predicted molar refractivity (Wildman–Crippen MR) is 114 cm³/mol. The Hall–Kier alpha value is -3.15. The number of nitrogens with one attached hydrogen (secondary N) is 1.